The largest absolute Gasteiger partial charge is 0.478 e. The van der Waals surface area contributed by atoms with Crippen LogP contribution in [0.2, 0.25) is 0 Å². The Kier molecular flexibility index (Phi) is 4.24. The highest BCUT2D eigenvalue weighted by atomic mass is 32.1. The molecule has 0 atom stereocenters. The second kappa shape index (κ2) is 6.70. The van der Waals surface area contributed by atoms with Gasteiger partial charge in [-0.05, 0) is 29.0 Å². The number of carbonyl (C=O) groups is 2. The number of aromatic nitrogens is 1. The van der Waals surface area contributed by atoms with Crippen LogP contribution in [0.3, 0.4) is 0 Å². The molecule has 0 bridgehead atoms. The van der Waals surface area contributed by atoms with E-state index < -0.39 is 5.97 Å². The highest BCUT2D eigenvalue weighted by Gasteiger charge is 2.17. The van der Waals surface area contributed by atoms with E-state index in [9.17, 15) is 14.7 Å². The van der Waals surface area contributed by atoms with Crippen LogP contribution in [0.25, 0.3) is 21.3 Å². The molecule has 1 amide bonds. The third kappa shape index (κ3) is 2.98. The van der Waals surface area contributed by atoms with Gasteiger partial charge in [0.25, 0.3) is 5.91 Å². The van der Waals surface area contributed by atoms with Gasteiger partial charge in [0, 0.05) is 16.3 Å². The second-order valence-electron chi connectivity index (χ2n) is 5.48. The summed E-state index contributed by atoms with van der Waals surface area (Å²) in [6.07, 6.45) is 0. The number of carbonyl (C=O) groups excluding carboxylic acids is 1. The summed E-state index contributed by atoms with van der Waals surface area (Å²) in [5.74, 6) is -1.44. The minimum absolute atomic E-state index is 0.103. The molecule has 2 aromatic heterocycles. The summed E-state index contributed by atoms with van der Waals surface area (Å²) in [6.45, 7) is 0. The van der Waals surface area contributed by atoms with Crippen molar-refractivity contribution in [3.05, 3.63) is 70.4 Å². The fraction of sp³-hybridized carbons (Fsp3) is 0. The number of aromatic carboxylic acids is 1. The summed E-state index contributed by atoms with van der Waals surface area (Å²) >= 11 is 2.91. The number of amides is 1. The molecule has 0 saturated heterocycles. The normalized spacial score (nSPS) is 10.8. The number of benzene rings is 2. The molecule has 2 heterocycles. The fourth-order valence-corrected chi connectivity index (χ4v) is 4.21. The highest BCUT2D eigenvalue weighted by molar-refractivity contribution is 7.16. The van der Waals surface area contributed by atoms with E-state index >= 15 is 0 Å². The fourth-order valence-electron chi connectivity index (χ4n) is 2.74. The molecule has 5 nitrogen and oxygen atoms in total. The van der Waals surface area contributed by atoms with Crippen molar-refractivity contribution in [2.45, 2.75) is 0 Å². The van der Waals surface area contributed by atoms with Gasteiger partial charge in [-0.3, -0.25) is 10.1 Å². The summed E-state index contributed by atoms with van der Waals surface area (Å²) in [5.41, 5.74) is 1.23. The van der Waals surface area contributed by atoms with Crippen molar-refractivity contribution in [3.8, 4) is 10.6 Å². The number of nitrogens with zero attached hydrogens (tertiary/aromatic N) is 1. The molecule has 0 spiro atoms. The van der Waals surface area contributed by atoms with Gasteiger partial charge in [-0.2, -0.15) is 0 Å². The lowest BCUT2D eigenvalue weighted by Gasteiger charge is -2.09. The van der Waals surface area contributed by atoms with Crippen molar-refractivity contribution >= 4 is 50.5 Å². The first-order valence-corrected chi connectivity index (χ1v) is 9.45. The van der Waals surface area contributed by atoms with Crippen molar-refractivity contribution in [2.75, 3.05) is 5.32 Å². The van der Waals surface area contributed by atoms with E-state index in [1.54, 1.807) is 41.7 Å². The lowest BCUT2D eigenvalue weighted by Crippen LogP contribution is -2.13. The number of anilines is 1. The molecule has 0 saturated carbocycles. The maximum absolute atomic E-state index is 12.8. The highest BCUT2D eigenvalue weighted by Crippen LogP contribution is 2.29. The lowest BCUT2D eigenvalue weighted by atomic mass is 9.99. The van der Waals surface area contributed by atoms with Gasteiger partial charge >= 0.3 is 5.97 Å². The zero-order valence-corrected chi connectivity index (χ0v) is 14.9. The molecule has 0 aliphatic carbocycles. The van der Waals surface area contributed by atoms with E-state index in [2.05, 4.69) is 10.3 Å². The number of thiophene rings is 1. The third-order valence-electron chi connectivity index (χ3n) is 3.88. The van der Waals surface area contributed by atoms with E-state index in [1.807, 2.05) is 22.9 Å². The van der Waals surface area contributed by atoms with Gasteiger partial charge in [-0.15, -0.1) is 22.7 Å². The Bertz CT molecular complexity index is 1110. The molecule has 2 aromatic carbocycles. The smallest absolute Gasteiger partial charge is 0.336 e. The first kappa shape index (κ1) is 16.4. The Labute approximate surface area is 156 Å². The molecular weight excluding hydrogens is 368 g/mol. The van der Waals surface area contributed by atoms with Gasteiger partial charge in [-0.1, -0.05) is 30.3 Å². The molecule has 0 radical (unpaired) electrons. The number of rotatable bonds is 4. The first-order valence-electron chi connectivity index (χ1n) is 7.69. The maximum atomic E-state index is 12.8. The topological polar surface area (TPSA) is 79.3 Å². The SMILES string of the molecule is O=C(O)c1cccc2cccc(C(=O)Nc3nc(-c4cccs4)cs3)c12. The van der Waals surface area contributed by atoms with Gasteiger partial charge in [0.1, 0.15) is 0 Å². The Hall–Kier alpha value is -3.03. The van der Waals surface area contributed by atoms with Crippen molar-refractivity contribution in [3.63, 3.8) is 0 Å². The van der Waals surface area contributed by atoms with Gasteiger partial charge in [-0.25, -0.2) is 9.78 Å². The van der Waals surface area contributed by atoms with E-state index in [-0.39, 0.29) is 11.5 Å². The number of thiazole rings is 1. The van der Waals surface area contributed by atoms with Gasteiger partial charge in [0.15, 0.2) is 5.13 Å². The van der Waals surface area contributed by atoms with E-state index in [1.165, 1.54) is 17.4 Å². The first-order chi connectivity index (χ1) is 12.6. The van der Waals surface area contributed by atoms with Crippen LogP contribution in [0.1, 0.15) is 20.7 Å². The van der Waals surface area contributed by atoms with E-state index in [0.717, 1.165) is 10.6 Å². The van der Waals surface area contributed by atoms with Crippen LogP contribution in [0, 0.1) is 0 Å². The second-order valence-corrected chi connectivity index (χ2v) is 7.29. The Balaban J connectivity index is 1.70. The summed E-state index contributed by atoms with van der Waals surface area (Å²) in [6, 6.07) is 14.0. The predicted octanol–water partition coefficient (Wildman–Crippen LogP) is 4.98. The number of carboxylic acids is 1. The molecular formula is C19H12N2O3S2. The van der Waals surface area contributed by atoms with Crippen LogP contribution in [0.15, 0.2) is 59.3 Å². The molecule has 26 heavy (non-hydrogen) atoms. The zero-order chi connectivity index (χ0) is 18.1. The van der Waals surface area contributed by atoms with Crippen LogP contribution in [-0.4, -0.2) is 22.0 Å². The van der Waals surface area contributed by atoms with Crippen molar-refractivity contribution in [1.29, 1.82) is 0 Å². The molecule has 4 aromatic rings. The van der Waals surface area contributed by atoms with Crippen LogP contribution in [0.5, 0.6) is 0 Å². The van der Waals surface area contributed by atoms with Crippen molar-refractivity contribution in [2.24, 2.45) is 0 Å². The molecule has 2 N–H and O–H groups in total. The number of nitrogens with one attached hydrogen (secondary N) is 1. The quantitative estimate of drug-likeness (QED) is 0.524. The van der Waals surface area contributed by atoms with E-state index in [0.29, 0.717) is 21.5 Å². The molecule has 0 unspecified atom stereocenters. The average Bonchev–Trinajstić information content (AvgIpc) is 3.32. The number of hydrogen-bond acceptors (Lipinski definition) is 5. The van der Waals surface area contributed by atoms with Crippen LogP contribution < -0.4 is 5.32 Å². The summed E-state index contributed by atoms with van der Waals surface area (Å²) in [7, 11) is 0. The number of carboxylic acid groups (broad SMARTS) is 1. The van der Waals surface area contributed by atoms with Crippen molar-refractivity contribution in [1.82, 2.24) is 4.98 Å². The zero-order valence-electron chi connectivity index (χ0n) is 13.3. The summed E-state index contributed by atoms with van der Waals surface area (Å²) in [5, 5.41) is 17.7. The van der Waals surface area contributed by atoms with Crippen molar-refractivity contribution < 1.29 is 14.7 Å². The summed E-state index contributed by atoms with van der Waals surface area (Å²) in [4.78, 5) is 29.8. The minimum atomic E-state index is -1.06. The van der Waals surface area contributed by atoms with Gasteiger partial charge in [0.05, 0.1) is 16.1 Å². The maximum Gasteiger partial charge on any atom is 0.336 e. The molecule has 0 fully saturated rings. The van der Waals surface area contributed by atoms with Crippen LogP contribution in [-0.2, 0) is 0 Å². The van der Waals surface area contributed by atoms with Gasteiger partial charge in [0.2, 0.25) is 0 Å². The average molecular weight is 380 g/mol. The lowest BCUT2D eigenvalue weighted by molar-refractivity contribution is 0.0699. The predicted molar refractivity (Wildman–Crippen MR) is 104 cm³/mol. The third-order valence-corrected chi connectivity index (χ3v) is 5.53. The monoisotopic (exact) mass is 380 g/mol. The standard InChI is InChI=1S/C19H12N2O3S2/c22-17(21-19-20-14(10-26-19)15-8-3-9-25-15)12-6-1-4-11-5-2-7-13(16(11)12)18(23)24/h1-10H,(H,23,24)(H,20,21,22). The Morgan fingerprint density at radius 2 is 1.73 bits per heavy atom. The molecule has 7 heteroatoms. The molecule has 0 aliphatic heterocycles. The molecule has 0 aliphatic rings. The van der Waals surface area contributed by atoms with Crippen LogP contribution in [0.4, 0.5) is 5.13 Å². The minimum Gasteiger partial charge on any atom is -0.478 e. The number of hydrogen-bond donors (Lipinski definition) is 2. The molecule has 4 rings (SSSR count). The Morgan fingerprint density at radius 1 is 0.962 bits per heavy atom. The van der Waals surface area contributed by atoms with Gasteiger partial charge < -0.3 is 5.11 Å². The van der Waals surface area contributed by atoms with Crippen LogP contribution >= 0.6 is 22.7 Å². The Morgan fingerprint density at radius 3 is 2.42 bits per heavy atom. The summed E-state index contributed by atoms with van der Waals surface area (Å²) < 4.78 is 0. The molecule has 128 valence electrons. The number of fused-ring (bicyclic) bond motifs is 1. The van der Waals surface area contributed by atoms with E-state index in [4.69, 9.17) is 0 Å².